The molecule has 0 bridgehead atoms. The molecule has 3 N–H and O–H groups in total. The maximum Gasteiger partial charge on any atom is 0.330 e. The van der Waals surface area contributed by atoms with E-state index in [0.29, 0.717) is 25.8 Å². The van der Waals surface area contributed by atoms with E-state index in [4.69, 9.17) is 9.15 Å². The predicted molar refractivity (Wildman–Crippen MR) is 116 cm³/mol. The molecule has 9 nitrogen and oxygen atoms in total. The van der Waals surface area contributed by atoms with Crippen LogP contribution in [0, 0.1) is 0 Å². The molecular formula is C22H27N2O7P. The van der Waals surface area contributed by atoms with Crippen LogP contribution in [0.25, 0.3) is 0 Å². The second-order valence-electron chi connectivity index (χ2n) is 7.80. The molecule has 0 saturated carbocycles. The summed E-state index contributed by atoms with van der Waals surface area (Å²) in [6, 6.07) is 11.3. The molecule has 0 aliphatic carbocycles. The largest absolute Gasteiger partial charge is 0.459 e. The molecule has 3 atom stereocenters. The first-order valence-electron chi connectivity index (χ1n) is 10.5. The molecule has 1 aromatic heterocycles. The van der Waals surface area contributed by atoms with Gasteiger partial charge in [-0.25, -0.2) is 4.79 Å². The Hall–Kier alpha value is -2.74. The fourth-order valence-corrected chi connectivity index (χ4v) is 5.13. The first-order valence-corrected chi connectivity index (χ1v) is 12.5. The molecule has 172 valence electrons. The number of hydrogen-bond donors (Lipinski definition) is 3. The van der Waals surface area contributed by atoms with Gasteiger partial charge in [0.1, 0.15) is 12.2 Å². The Labute approximate surface area is 186 Å². The zero-order chi connectivity index (χ0) is 23.0. The highest BCUT2D eigenvalue weighted by Crippen LogP contribution is 2.41. The lowest BCUT2D eigenvalue weighted by Crippen LogP contribution is -2.38. The van der Waals surface area contributed by atoms with E-state index >= 15 is 0 Å². The van der Waals surface area contributed by atoms with Crippen LogP contribution in [-0.4, -0.2) is 53.7 Å². The number of aryl methyl sites for hydroxylation is 1. The average Bonchev–Trinajstić information content (AvgIpc) is 3.46. The molecule has 2 aromatic rings. The summed E-state index contributed by atoms with van der Waals surface area (Å²) in [6.45, 7) is 0.658. The molecule has 0 spiro atoms. The topological polar surface area (TPSA) is 135 Å². The molecule has 1 amide bonds. The summed E-state index contributed by atoms with van der Waals surface area (Å²) in [6.07, 6.45) is 2.51. The van der Waals surface area contributed by atoms with Crippen molar-refractivity contribution in [2.45, 2.75) is 37.8 Å². The smallest absolute Gasteiger partial charge is 0.330 e. The maximum atomic E-state index is 12.8. The highest BCUT2D eigenvalue weighted by atomic mass is 31.2. The summed E-state index contributed by atoms with van der Waals surface area (Å²) in [5.74, 6) is -2.22. The van der Waals surface area contributed by atoms with Gasteiger partial charge < -0.3 is 24.7 Å². The average molecular weight is 462 g/mol. The van der Waals surface area contributed by atoms with Crippen LogP contribution in [0.3, 0.4) is 0 Å². The number of rotatable bonds is 10. The fraction of sp³-hybridized carbons (Fsp3) is 0.409. The van der Waals surface area contributed by atoms with Gasteiger partial charge in [0.2, 0.25) is 7.37 Å². The number of carbonyl (C=O) groups excluding carboxylic acids is 3. The minimum atomic E-state index is -4.04. The van der Waals surface area contributed by atoms with Gasteiger partial charge in [-0.1, -0.05) is 30.3 Å². The van der Waals surface area contributed by atoms with Crippen molar-refractivity contribution in [1.82, 2.24) is 10.6 Å². The minimum Gasteiger partial charge on any atom is -0.459 e. The van der Waals surface area contributed by atoms with Gasteiger partial charge in [-0.05, 0) is 49.9 Å². The lowest BCUT2D eigenvalue weighted by atomic mass is 10.1. The molecule has 1 aliphatic heterocycles. The van der Waals surface area contributed by atoms with Crippen molar-refractivity contribution in [3.05, 3.63) is 60.1 Å². The maximum absolute atomic E-state index is 12.8. The van der Waals surface area contributed by atoms with Gasteiger partial charge in [0, 0.05) is 12.2 Å². The van der Waals surface area contributed by atoms with E-state index in [1.165, 1.54) is 12.3 Å². The Balaban J connectivity index is 1.60. The van der Waals surface area contributed by atoms with Crippen LogP contribution in [0.4, 0.5) is 0 Å². The zero-order valence-electron chi connectivity index (χ0n) is 17.6. The summed E-state index contributed by atoms with van der Waals surface area (Å²) in [4.78, 5) is 46.9. The number of hydrogen-bond acceptors (Lipinski definition) is 7. The van der Waals surface area contributed by atoms with Crippen LogP contribution in [0.1, 0.15) is 35.4 Å². The van der Waals surface area contributed by atoms with E-state index in [1.807, 2.05) is 30.3 Å². The Morgan fingerprint density at radius 1 is 1.22 bits per heavy atom. The van der Waals surface area contributed by atoms with Gasteiger partial charge in [-0.15, -0.1) is 0 Å². The van der Waals surface area contributed by atoms with Crippen LogP contribution in [0.15, 0.2) is 53.1 Å². The van der Waals surface area contributed by atoms with Crippen molar-refractivity contribution < 1.29 is 33.0 Å². The molecule has 32 heavy (non-hydrogen) atoms. The minimum absolute atomic E-state index is 0.0801. The molecule has 10 heteroatoms. The summed E-state index contributed by atoms with van der Waals surface area (Å²) in [5, 5.41) is 5.62. The van der Waals surface area contributed by atoms with Crippen molar-refractivity contribution in [1.29, 1.82) is 0 Å². The number of furan rings is 1. The van der Waals surface area contributed by atoms with Crippen LogP contribution < -0.4 is 10.6 Å². The molecule has 2 heterocycles. The lowest BCUT2D eigenvalue weighted by Gasteiger charge is -2.21. The molecule has 0 radical (unpaired) electrons. The quantitative estimate of drug-likeness (QED) is 0.278. The Morgan fingerprint density at radius 2 is 2.00 bits per heavy atom. The highest BCUT2D eigenvalue weighted by molar-refractivity contribution is 7.59. The summed E-state index contributed by atoms with van der Waals surface area (Å²) < 4.78 is 22.6. The van der Waals surface area contributed by atoms with Crippen LogP contribution >= 0.6 is 7.37 Å². The van der Waals surface area contributed by atoms with E-state index in [1.54, 1.807) is 6.07 Å². The third-order valence-corrected chi connectivity index (χ3v) is 6.91. The predicted octanol–water partition coefficient (Wildman–Crippen LogP) is 2.10. The first-order chi connectivity index (χ1) is 15.3. The van der Waals surface area contributed by atoms with Gasteiger partial charge in [0.15, 0.2) is 5.76 Å². The van der Waals surface area contributed by atoms with Gasteiger partial charge in [0.25, 0.3) is 5.91 Å². The Morgan fingerprint density at radius 3 is 2.66 bits per heavy atom. The van der Waals surface area contributed by atoms with E-state index < -0.39 is 43.5 Å². The normalized spacial score (nSPS) is 18.5. The molecule has 1 fully saturated rings. The van der Waals surface area contributed by atoms with Crippen molar-refractivity contribution in [2.75, 3.05) is 18.9 Å². The van der Waals surface area contributed by atoms with Gasteiger partial charge >= 0.3 is 11.9 Å². The fourth-order valence-electron chi connectivity index (χ4n) is 3.57. The molecule has 1 aliphatic rings. The van der Waals surface area contributed by atoms with Crippen LogP contribution in [0.5, 0.6) is 0 Å². The van der Waals surface area contributed by atoms with E-state index in [2.05, 4.69) is 10.6 Å². The zero-order valence-corrected chi connectivity index (χ0v) is 18.5. The van der Waals surface area contributed by atoms with Crippen molar-refractivity contribution in [3.8, 4) is 0 Å². The van der Waals surface area contributed by atoms with Crippen molar-refractivity contribution >= 4 is 25.2 Å². The molecular weight excluding hydrogens is 435 g/mol. The second-order valence-corrected chi connectivity index (χ2v) is 10.2. The SMILES string of the molecule is O=C(CP(=O)(O)CC(CCc1ccccc1)NC(=O)c1ccco1)OC(=O)[C@@H]1CCCN1. The number of nitrogens with one attached hydrogen (secondary N) is 2. The summed E-state index contributed by atoms with van der Waals surface area (Å²) in [5.41, 5.74) is 1.01. The van der Waals surface area contributed by atoms with Crippen LogP contribution in [0.2, 0.25) is 0 Å². The molecule has 3 rings (SSSR count). The van der Waals surface area contributed by atoms with Gasteiger partial charge in [0.05, 0.1) is 6.26 Å². The monoisotopic (exact) mass is 462 g/mol. The van der Waals surface area contributed by atoms with E-state index in [-0.39, 0.29) is 11.9 Å². The standard InChI is InChI=1S/C22H27N2O7P/c25-20(31-22(27)18-8-4-12-23-18)15-32(28,29)14-17(11-10-16-6-2-1-3-7-16)24-21(26)19-9-5-13-30-19/h1-3,5-7,9,13,17-18,23H,4,8,10-12,14-15H2,(H,24,26)(H,28,29)/t17?,18-/m0/s1. The number of ether oxygens (including phenoxy) is 1. The third-order valence-electron chi connectivity index (χ3n) is 5.15. The molecule has 1 saturated heterocycles. The van der Waals surface area contributed by atoms with Crippen molar-refractivity contribution in [2.24, 2.45) is 0 Å². The molecule has 2 unspecified atom stereocenters. The van der Waals surface area contributed by atoms with E-state index in [9.17, 15) is 23.8 Å². The van der Waals surface area contributed by atoms with Crippen LogP contribution in [-0.2, 0) is 25.3 Å². The number of esters is 2. The number of carbonyl (C=O) groups is 3. The number of benzene rings is 1. The van der Waals surface area contributed by atoms with Crippen molar-refractivity contribution in [3.63, 3.8) is 0 Å². The summed E-state index contributed by atoms with van der Waals surface area (Å²) in [7, 11) is -4.04. The van der Waals surface area contributed by atoms with Gasteiger partial charge in [-0.3, -0.25) is 14.2 Å². The highest BCUT2D eigenvalue weighted by Gasteiger charge is 2.32. The second kappa shape index (κ2) is 11.2. The Bertz CT molecular complexity index is 956. The molecule has 1 aromatic carbocycles. The van der Waals surface area contributed by atoms with E-state index in [0.717, 1.165) is 12.0 Å². The third kappa shape index (κ3) is 7.44. The Kier molecular flexibility index (Phi) is 8.39. The first kappa shape index (κ1) is 23.9. The number of amides is 1. The summed E-state index contributed by atoms with van der Waals surface area (Å²) >= 11 is 0. The van der Waals surface area contributed by atoms with Gasteiger partial charge in [-0.2, -0.15) is 0 Å². The lowest BCUT2D eigenvalue weighted by molar-refractivity contribution is -0.159.